The van der Waals surface area contributed by atoms with Gasteiger partial charge in [0.15, 0.2) is 0 Å². The smallest absolute Gasteiger partial charge is 0.224 e. The number of methoxy groups -OCH3 is 1. The maximum atomic E-state index is 12.1. The van der Waals surface area contributed by atoms with E-state index >= 15 is 0 Å². The van der Waals surface area contributed by atoms with E-state index in [-0.39, 0.29) is 5.91 Å². The van der Waals surface area contributed by atoms with Crippen molar-refractivity contribution >= 4 is 11.6 Å². The first kappa shape index (κ1) is 14.4. The molecule has 2 aromatic rings. The van der Waals surface area contributed by atoms with Crippen LogP contribution in [0.4, 0.5) is 5.69 Å². The van der Waals surface area contributed by atoms with Crippen LogP contribution in [0.3, 0.4) is 0 Å². The molecule has 0 aliphatic carbocycles. The average molecular weight is 297 g/mol. The lowest BCUT2D eigenvalue weighted by molar-refractivity contribution is -0.116. The third-order valence-corrected chi connectivity index (χ3v) is 3.79. The van der Waals surface area contributed by atoms with Gasteiger partial charge in [-0.05, 0) is 41.8 Å². The summed E-state index contributed by atoms with van der Waals surface area (Å²) in [5.74, 6) is 1.75. The normalized spacial score (nSPS) is 12.4. The highest BCUT2D eigenvalue weighted by molar-refractivity contribution is 5.91. The number of para-hydroxylation sites is 1. The van der Waals surface area contributed by atoms with Crippen molar-refractivity contribution < 1.29 is 14.3 Å². The van der Waals surface area contributed by atoms with Crippen LogP contribution in [0, 0.1) is 0 Å². The number of carbonyl (C=O) groups excluding carboxylic acids is 1. The van der Waals surface area contributed by atoms with E-state index in [0.29, 0.717) is 12.8 Å². The zero-order valence-corrected chi connectivity index (χ0v) is 12.6. The van der Waals surface area contributed by atoms with E-state index in [4.69, 9.17) is 9.47 Å². The van der Waals surface area contributed by atoms with Crippen molar-refractivity contribution in [2.75, 3.05) is 19.0 Å². The van der Waals surface area contributed by atoms with Gasteiger partial charge in [-0.1, -0.05) is 18.2 Å². The van der Waals surface area contributed by atoms with Gasteiger partial charge < -0.3 is 14.8 Å². The van der Waals surface area contributed by atoms with Gasteiger partial charge in [-0.25, -0.2) is 0 Å². The Labute approximate surface area is 130 Å². The third-order valence-electron chi connectivity index (χ3n) is 3.79. The van der Waals surface area contributed by atoms with Gasteiger partial charge in [-0.3, -0.25) is 4.79 Å². The molecular formula is C18H19NO3. The minimum atomic E-state index is 0.00442. The van der Waals surface area contributed by atoms with Gasteiger partial charge in [-0.15, -0.1) is 0 Å². The SMILES string of the molecule is COc1ccccc1CCC(=O)Nc1ccc2c(c1)CCO2. The van der Waals surface area contributed by atoms with E-state index in [1.807, 2.05) is 42.5 Å². The lowest BCUT2D eigenvalue weighted by Crippen LogP contribution is -2.12. The summed E-state index contributed by atoms with van der Waals surface area (Å²) in [6, 6.07) is 13.6. The topological polar surface area (TPSA) is 47.6 Å². The Morgan fingerprint density at radius 2 is 2.14 bits per heavy atom. The van der Waals surface area contributed by atoms with Crippen LogP contribution in [0.5, 0.6) is 11.5 Å². The average Bonchev–Trinajstić information content (AvgIpc) is 3.01. The summed E-state index contributed by atoms with van der Waals surface area (Å²) in [7, 11) is 1.64. The number of anilines is 1. The summed E-state index contributed by atoms with van der Waals surface area (Å²) in [5, 5.41) is 2.94. The predicted molar refractivity (Wildman–Crippen MR) is 85.6 cm³/mol. The Balaban J connectivity index is 1.58. The number of benzene rings is 2. The molecule has 0 radical (unpaired) electrons. The Hall–Kier alpha value is -2.49. The first-order valence-corrected chi connectivity index (χ1v) is 7.44. The van der Waals surface area contributed by atoms with E-state index < -0.39 is 0 Å². The van der Waals surface area contributed by atoms with Gasteiger partial charge in [-0.2, -0.15) is 0 Å². The highest BCUT2D eigenvalue weighted by Gasteiger charge is 2.13. The minimum Gasteiger partial charge on any atom is -0.496 e. The largest absolute Gasteiger partial charge is 0.496 e. The zero-order chi connectivity index (χ0) is 15.4. The molecule has 0 bridgehead atoms. The molecule has 1 N–H and O–H groups in total. The van der Waals surface area contributed by atoms with Crippen molar-refractivity contribution in [1.29, 1.82) is 0 Å². The molecule has 1 amide bonds. The molecule has 0 fully saturated rings. The monoisotopic (exact) mass is 297 g/mol. The highest BCUT2D eigenvalue weighted by Crippen LogP contribution is 2.28. The van der Waals surface area contributed by atoms with E-state index in [2.05, 4.69) is 5.32 Å². The number of fused-ring (bicyclic) bond motifs is 1. The number of rotatable bonds is 5. The molecule has 2 aromatic carbocycles. The molecule has 1 aliphatic heterocycles. The second-order valence-corrected chi connectivity index (χ2v) is 5.28. The Bertz CT molecular complexity index is 682. The summed E-state index contributed by atoms with van der Waals surface area (Å²) in [5.41, 5.74) is 3.03. The van der Waals surface area contributed by atoms with Crippen molar-refractivity contribution in [3.63, 3.8) is 0 Å². The van der Waals surface area contributed by atoms with Gasteiger partial charge in [0.2, 0.25) is 5.91 Å². The molecule has 0 unspecified atom stereocenters. The Morgan fingerprint density at radius 3 is 3.00 bits per heavy atom. The fraction of sp³-hybridized carbons (Fsp3) is 0.278. The van der Waals surface area contributed by atoms with Crippen LogP contribution >= 0.6 is 0 Å². The van der Waals surface area contributed by atoms with Crippen molar-refractivity contribution in [2.45, 2.75) is 19.3 Å². The van der Waals surface area contributed by atoms with Crippen molar-refractivity contribution in [2.24, 2.45) is 0 Å². The van der Waals surface area contributed by atoms with Crippen LogP contribution in [-0.2, 0) is 17.6 Å². The third kappa shape index (κ3) is 3.22. The minimum absolute atomic E-state index is 0.00442. The van der Waals surface area contributed by atoms with Crippen LogP contribution in [0.2, 0.25) is 0 Å². The fourth-order valence-electron chi connectivity index (χ4n) is 2.65. The van der Waals surface area contributed by atoms with Gasteiger partial charge in [0.05, 0.1) is 13.7 Å². The molecule has 4 nitrogen and oxygen atoms in total. The van der Waals surface area contributed by atoms with Crippen LogP contribution in [-0.4, -0.2) is 19.6 Å². The van der Waals surface area contributed by atoms with E-state index in [1.165, 1.54) is 0 Å². The molecule has 3 rings (SSSR count). The number of nitrogens with one attached hydrogen (secondary N) is 1. The Morgan fingerprint density at radius 1 is 1.27 bits per heavy atom. The van der Waals surface area contributed by atoms with Crippen molar-refractivity contribution in [1.82, 2.24) is 0 Å². The molecule has 1 heterocycles. The number of amides is 1. The van der Waals surface area contributed by atoms with Gasteiger partial charge >= 0.3 is 0 Å². The highest BCUT2D eigenvalue weighted by atomic mass is 16.5. The number of carbonyl (C=O) groups is 1. The van der Waals surface area contributed by atoms with Gasteiger partial charge in [0, 0.05) is 18.5 Å². The van der Waals surface area contributed by atoms with Crippen molar-refractivity contribution in [3.8, 4) is 11.5 Å². The maximum absolute atomic E-state index is 12.1. The summed E-state index contributed by atoms with van der Waals surface area (Å²) in [4.78, 5) is 12.1. The molecular weight excluding hydrogens is 278 g/mol. The molecule has 1 aliphatic rings. The van der Waals surface area contributed by atoms with E-state index in [0.717, 1.165) is 41.3 Å². The van der Waals surface area contributed by atoms with E-state index in [9.17, 15) is 4.79 Å². The lowest BCUT2D eigenvalue weighted by Gasteiger charge is -2.09. The number of hydrogen-bond donors (Lipinski definition) is 1. The lowest BCUT2D eigenvalue weighted by atomic mass is 10.1. The van der Waals surface area contributed by atoms with Crippen LogP contribution in [0.1, 0.15) is 17.5 Å². The van der Waals surface area contributed by atoms with E-state index in [1.54, 1.807) is 7.11 Å². The second kappa shape index (κ2) is 6.52. The predicted octanol–water partition coefficient (Wildman–Crippen LogP) is 3.20. The fourth-order valence-corrected chi connectivity index (χ4v) is 2.65. The molecule has 0 saturated carbocycles. The second-order valence-electron chi connectivity index (χ2n) is 5.28. The molecule has 0 spiro atoms. The first-order valence-electron chi connectivity index (χ1n) is 7.44. The summed E-state index contributed by atoms with van der Waals surface area (Å²) >= 11 is 0. The number of ether oxygens (including phenoxy) is 2. The van der Waals surface area contributed by atoms with Gasteiger partial charge in [0.25, 0.3) is 0 Å². The van der Waals surface area contributed by atoms with Crippen LogP contribution in [0.15, 0.2) is 42.5 Å². The number of aryl methyl sites for hydroxylation is 1. The maximum Gasteiger partial charge on any atom is 0.224 e. The molecule has 4 heteroatoms. The quantitative estimate of drug-likeness (QED) is 0.922. The number of hydrogen-bond acceptors (Lipinski definition) is 3. The molecule has 22 heavy (non-hydrogen) atoms. The molecule has 114 valence electrons. The van der Waals surface area contributed by atoms with Crippen LogP contribution in [0.25, 0.3) is 0 Å². The summed E-state index contributed by atoms with van der Waals surface area (Å²) in [6.07, 6.45) is 1.98. The summed E-state index contributed by atoms with van der Waals surface area (Å²) < 4.78 is 10.8. The molecule has 0 saturated heterocycles. The van der Waals surface area contributed by atoms with Crippen LogP contribution < -0.4 is 14.8 Å². The molecule has 0 aromatic heterocycles. The Kier molecular flexibility index (Phi) is 4.28. The first-order chi connectivity index (χ1) is 10.8. The van der Waals surface area contributed by atoms with Gasteiger partial charge in [0.1, 0.15) is 11.5 Å². The zero-order valence-electron chi connectivity index (χ0n) is 12.6. The summed E-state index contributed by atoms with van der Waals surface area (Å²) in [6.45, 7) is 0.723. The van der Waals surface area contributed by atoms with Crippen molar-refractivity contribution in [3.05, 3.63) is 53.6 Å². The molecule has 0 atom stereocenters. The standard InChI is InChI=1S/C18H19NO3/c1-21-16-5-3-2-4-13(16)6-9-18(20)19-15-7-8-17-14(12-15)10-11-22-17/h2-5,7-8,12H,6,9-11H2,1H3,(H,19,20).